The number of anilines is 1. The number of hydrogen-bond acceptors (Lipinski definition) is 7. The summed E-state index contributed by atoms with van der Waals surface area (Å²) in [5.74, 6) is -3.00. The summed E-state index contributed by atoms with van der Waals surface area (Å²) in [6.07, 6.45) is -0.294. The Balaban J connectivity index is 1.77. The van der Waals surface area contributed by atoms with E-state index >= 15 is 0 Å². The number of para-hydroxylation sites is 1. The first-order valence-corrected chi connectivity index (χ1v) is 11.4. The Bertz CT molecular complexity index is 1390. The molecule has 3 aromatic carbocycles. The van der Waals surface area contributed by atoms with E-state index in [1.54, 1.807) is 54.6 Å². The van der Waals surface area contributed by atoms with Crippen LogP contribution >= 0.6 is 0 Å². The highest BCUT2D eigenvalue weighted by Gasteiger charge is 2.71. The molecule has 0 N–H and O–H groups in total. The number of methoxy groups -OCH3 is 1. The van der Waals surface area contributed by atoms with E-state index in [0.29, 0.717) is 17.0 Å². The van der Waals surface area contributed by atoms with Crippen LogP contribution in [0.4, 0.5) is 5.69 Å². The summed E-state index contributed by atoms with van der Waals surface area (Å²) in [5.41, 5.74) is 0.302. The number of imide groups is 1. The average molecular weight is 479 g/mol. The number of esters is 1. The molecule has 8 nitrogen and oxygen atoms in total. The third-order valence-electron chi connectivity index (χ3n) is 6.68. The summed E-state index contributed by atoms with van der Waals surface area (Å²) in [6.45, 7) is 0. The lowest BCUT2D eigenvalue weighted by Crippen LogP contribution is -2.54. The van der Waals surface area contributed by atoms with Crippen LogP contribution in [0.1, 0.15) is 22.3 Å². The molecule has 0 unspecified atom stereocenters. The number of carbonyl (C=O) groups excluding carboxylic acids is 3. The van der Waals surface area contributed by atoms with E-state index < -0.39 is 35.3 Å². The van der Waals surface area contributed by atoms with Gasteiger partial charge in [-0.05, 0) is 29.8 Å². The van der Waals surface area contributed by atoms with Gasteiger partial charge in [-0.1, -0.05) is 66.7 Å². The molecule has 3 atom stereocenters. The van der Waals surface area contributed by atoms with E-state index in [0.717, 1.165) is 4.90 Å². The van der Waals surface area contributed by atoms with Gasteiger partial charge in [0.1, 0.15) is 6.04 Å². The van der Waals surface area contributed by atoms with Gasteiger partial charge < -0.3 is 4.74 Å². The Labute approximate surface area is 208 Å². The third kappa shape index (κ3) is 3.36. The molecule has 178 valence electrons. The van der Waals surface area contributed by atoms with Crippen LogP contribution in [0, 0.1) is 17.2 Å². The van der Waals surface area contributed by atoms with Crippen molar-refractivity contribution in [2.75, 3.05) is 12.1 Å². The van der Waals surface area contributed by atoms with Crippen molar-refractivity contribution in [3.05, 3.63) is 102 Å². The van der Waals surface area contributed by atoms with Crippen molar-refractivity contribution in [2.24, 2.45) is 11.0 Å². The van der Waals surface area contributed by atoms with Crippen LogP contribution in [-0.4, -0.2) is 47.1 Å². The van der Waals surface area contributed by atoms with Gasteiger partial charge in [0.05, 0.1) is 36.9 Å². The summed E-state index contributed by atoms with van der Waals surface area (Å²) in [6, 6.07) is 27.2. The van der Waals surface area contributed by atoms with Crippen molar-refractivity contribution in [3.63, 3.8) is 0 Å². The fraction of sp³-hybridized carbons (Fsp3) is 0.179. The number of ether oxygens (including phenoxy) is 1. The molecule has 0 bridgehead atoms. The first-order valence-electron chi connectivity index (χ1n) is 11.4. The molecule has 0 aliphatic carbocycles. The Hall–Kier alpha value is -4.77. The zero-order chi connectivity index (χ0) is 25.3. The van der Waals surface area contributed by atoms with Crippen molar-refractivity contribution >= 4 is 29.2 Å². The summed E-state index contributed by atoms with van der Waals surface area (Å²) in [5, 5.41) is 16.3. The molecule has 5 rings (SSSR count). The van der Waals surface area contributed by atoms with Gasteiger partial charge in [0.25, 0.3) is 11.8 Å². The molecular formula is C28H22N4O4. The second kappa shape index (κ2) is 9.12. The normalized spacial score (nSPS) is 22.6. The second-order valence-corrected chi connectivity index (χ2v) is 8.55. The van der Waals surface area contributed by atoms with Crippen LogP contribution in [0.15, 0.2) is 96.1 Å². The SMILES string of the molecule is COC(=O)[C@H]1[C@@H]2C(c3ccccc3)=NN(c3ccccc3)[C@]2(CC#N)C(=O)N1C(=O)c1ccccc1. The average Bonchev–Trinajstić information content (AvgIpc) is 3.39. The highest BCUT2D eigenvalue weighted by molar-refractivity contribution is 6.21. The summed E-state index contributed by atoms with van der Waals surface area (Å²) in [4.78, 5) is 42.3. The zero-order valence-corrected chi connectivity index (χ0v) is 19.4. The number of rotatable bonds is 5. The predicted octanol–water partition coefficient (Wildman–Crippen LogP) is 3.40. The van der Waals surface area contributed by atoms with Gasteiger partial charge in [-0.3, -0.25) is 14.5 Å². The monoisotopic (exact) mass is 478 g/mol. The lowest BCUT2D eigenvalue weighted by molar-refractivity contribution is -0.148. The number of nitrogens with zero attached hydrogens (tertiary/aromatic N) is 4. The summed E-state index contributed by atoms with van der Waals surface area (Å²) >= 11 is 0. The van der Waals surface area contributed by atoms with E-state index in [-0.39, 0.29) is 12.0 Å². The maximum atomic E-state index is 14.3. The standard InChI is InChI=1S/C28H22N4O4/c1-36-26(34)24-22-23(19-11-5-2-6-12-19)30-32(21-15-9-4-10-16-21)28(22,17-18-29)27(35)31(24)25(33)20-13-7-3-8-14-20/h2-16,22,24H,17H2,1H3/t22-,24+,28-/m0/s1. The molecule has 2 aliphatic rings. The lowest BCUT2D eigenvalue weighted by Gasteiger charge is -2.33. The zero-order valence-electron chi connectivity index (χ0n) is 19.4. The number of hydrazone groups is 1. The van der Waals surface area contributed by atoms with Crippen LogP contribution in [0.25, 0.3) is 0 Å². The van der Waals surface area contributed by atoms with E-state index in [1.807, 2.05) is 36.4 Å². The molecule has 0 spiro atoms. The minimum absolute atomic E-state index is 0.247. The molecule has 1 saturated heterocycles. The van der Waals surface area contributed by atoms with Crippen LogP contribution < -0.4 is 5.01 Å². The minimum Gasteiger partial charge on any atom is -0.467 e. The first kappa shape index (κ1) is 23.0. The molecule has 2 amide bonds. The van der Waals surface area contributed by atoms with Gasteiger partial charge in [0, 0.05) is 5.56 Å². The van der Waals surface area contributed by atoms with Crippen molar-refractivity contribution in [1.29, 1.82) is 5.26 Å². The molecule has 8 heteroatoms. The van der Waals surface area contributed by atoms with Gasteiger partial charge >= 0.3 is 5.97 Å². The topological polar surface area (TPSA) is 103 Å². The highest BCUT2D eigenvalue weighted by atomic mass is 16.5. The quantitative estimate of drug-likeness (QED) is 0.411. The number of hydrogen-bond donors (Lipinski definition) is 0. The van der Waals surface area contributed by atoms with E-state index in [2.05, 4.69) is 6.07 Å². The Kier molecular flexibility index (Phi) is 5.82. The largest absolute Gasteiger partial charge is 0.467 e. The van der Waals surface area contributed by atoms with Crippen LogP contribution in [-0.2, 0) is 14.3 Å². The maximum Gasteiger partial charge on any atom is 0.329 e. The number of amides is 2. The molecular weight excluding hydrogens is 456 g/mol. The predicted molar refractivity (Wildman–Crippen MR) is 132 cm³/mol. The van der Waals surface area contributed by atoms with Crippen molar-refractivity contribution in [1.82, 2.24) is 4.90 Å². The van der Waals surface area contributed by atoms with E-state index in [1.165, 1.54) is 12.1 Å². The van der Waals surface area contributed by atoms with Gasteiger partial charge in [0.15, 0.2) is 5.54 Å². The Morgan fingerprint density at radius 3 is 2.14 bits per heavy atom. The molecule has 1 fully saturated rings. The van der Waals surface area contributed by atoms with E-state index in [4.69, 9.17) is 9.84 Å². The lowest BCUT2D eigenvalue weighted by atomic mass is 9.76. The number of likely N-dealkylation sites (tertiary alicyclic amines) is 1. The van der Waals surface area contributed by atoms with Crippen LogP contribution in [0.2, 0.25) is 0 Å². The Morgan fingerprint density at radius 1 is 0.972 bits per heavy atom. The molecule has 0 radical (unpaired) electrons. The number of nitriles is 1. The fourth-order valence-electron chi connectivity index (χ4n) is 5.12. The number of carbonyl (C=O) groups is 3. The van der Waals surface area contributed by atoms with Crippen LogP contribution in [0.3, 0.4) is 0 Å². The molecule has 0 aromatic heterocycles. The van der Waals surface area contributed by atoms with E-state index in [9.17, 15) is 19.6 Å². The molecule has 36 heavy (non-hydrogen) atoms. The second-order valence-electron chi connectivity index (χ2n) is 8.55. The number of fused-ring (bicyclic) bond motifs is 1. The Morgan fingerprint density at radius 2 is 1.56 bits per heavy atom. The van der Waals surface area contributed by atoms with Crippen molar-refractivity contribution < 1.29 is 19.1 Å². The van der Waals surface area contributed by atoms with Crippen LogP contribution in [0.5, 0.6) is 0 Å². The molecule has 2 heterocycles. The van der Waals surface area contributed by atoms with Gasteiger partial charge in [0.2, 0.25) is 0 Å². The van der Waals surface area contributed by atoms with Gasteiger partial charge in [-0.15, -0.1) is 0 Å². The van der Waals surface area contributed by atoms with Gasteiger partial charge in [-0.25, -0.2) is 9.80 Å². The number of benzene rings is 3. The minimum atomic E-state index is -1.62. The summed E-state index contributed by atoms with van der Waals surface area (Å²) < 4.78 is 5.11. The van der Waals surface area contributed by atoms with Crippen molar-refractivity contribution in [3.8, 4) is 6.07 Å². The van der Waals surface area contributed by atoms with Crippen molar-refractivity contribution in [2.45, 2.75) is 18.0 Å². The third-order valence-corrected chi connectivity index (χ3v) is 6.68. The summed E-state index contributed by atoms with van der Waals surface area (Å²) in [7, 11) is 1.21. The smallest absolute Gasteiger partial charge is 0.329 e. The molecule has 2 aliphatic heterocycles. The van der Waals surface area contributed by atoms with Gasteiger partial charge in [-0.2, -0.15) is 10.4 Å². The first-order chi connectivity index (χ1) is 17.5. The molecule has 0 saturated carbocycles. The molecule has 3 aromatic rings. The fourth-order valence-corrected chi connectivity index (χ4v) is 5.12. The maximum absolute atomic E-state index is 14.3. The highest BCUT2D eigenvalue weighted by Crippen LogP contribution is 2.50.